The zero-order valence-electron chi connectivity index (χ0n) is 13.6. The van der Waals surface area contributed by atoms with Crippen LogP contribution in [0.3, 0.4) is 0 Å². The highest BCUT2D eigenvalue weighted by atomic mass is 32.1. The lowest BCUT2D eigenvalue weighted by molar-refractivity contribution is 0.340. The second kappa shape index (κ2) is 5.07. The molecule has 0 amide bonds. The number of thiophene rings is 1. The predicted octanol–water partition coefficient (Wildman–Crippen LogP) is 4.17. The molecule has 1 aliphatic rings. The molecule has 4 N–H and O–H groups in total. The van der Waals surface area contributed by atoms with Crippen molar-refractivity contribution in [3.05, 3.63) is 41.3 Å². The third-order valence-corrected chi connectivity index (χ3v) is 5.73. The van der Waals surface area contributed by atoms with Gasteiger partial charge in [-0.3, -0.25) is 0 Å². The molecule has 124 valence electrons. The van der Waals surface area contributed by atoms with Crippen molar-refractivity contribution in [1.82, 2.24) is 9.97 Å². The largest absolute Gasteiger partial charge is 0.492 e. The summed E-state index contributed by atoms with van der Waals surface area (Å²) in [5.74, 6) is 1.62. The Hall–Kier alpha value is -2.86. The summed E-state index contributed by atoms with van der Waals surface area (Å²) in [5.41, 5.74) is 16.2. The molecule has 0 saturated heterocycles. The molecule has 0 aliphatic carbocycles. The van der Waals surface area contributed by atoms with Gasteiger partial charge in [0.15, 0.2) is 0 Å². The van der Waals surface area contributed by atoms with Gasteiger partial charge >= 0.3 is 0 Å². The molecule has 1 unspecified atom stereocenters. The lowest BCUT2D eigenvalue weighted by atomic mass is 9.90. The minimum atomic E-state index is 0.177. The van der Waals surface area contributed by atoms with Gasteiger partial charge in [0, 0.05) is 16.2 Å². The molecule has 0 saturated carbocycles. The van der Waals surface area contributed by atoms with Gasteiger partial charge in [0.1, 0.15) is 11.6 Å². The van der Waals surface area contributed by atoms with Gasteiger partial charge in [0.2, 0.25) is 5.95 Å². The summed E-state index contributed by atoms with van der Waals surface area (Å²) in [7, 11) is 0. The van der Waals surface area contributed by atoms with Crippen LogP contribution in [0.25, 0.3) is 32.1 Å². The van der Waals surface area contributed by atoms with Crippen LogP contribution < -0.4 is 16.2 Å². The van der Waals surface area contributed by atoms with E-state index in [9.17, 15) is 0 Å². The van der Waals surface area contributed by atoms with Crippen molar-refractivity contribution < 1.29 is 4.74 Å². The van der Waals surface area contributed by atoms with Crippen molar-refractivity contribution in [2.24, 2.45) is 0 Å². The number of nitrogens with two attached hydrogens (primary N) is 2. The van der Waals surface area contributed by atoms with Gasteiger partial charge in [-0.05, 0) is 34.0 Å². The second-order valence-corrected chi connectivity index (χ2v) is 7.30. The maximum Gasteiger partial charge on any atom is 0.222 e. The van der Waals surface area contributed by atoms with Gasteiger partial charge in [0.25, 0.3) is 0 Å². The fourth-order valence-electron chi connectivity index (χ4n) is 3.68. The molecule has 6 heteroatoms. The monoisotopic (exact) mass is 348 g/mol. The first-order valence-corrected chi connectivity index (χ1v) is 9.00. The van der Waals surface area contributed by atoms with Gasteiger partial charge in [0.05, 0.1) is 17.5 Å². The van der Waals surface area contributed by atoms with Crippen molar-refractivity contribution in [2.75, 3.05) is 18.1 Å². The number of benzene rings is 2. The van der Waals surface area contributed by atoms with E-state index in [0.717, 1.165) is 22.2 Å². The van der Waals surface area contributed by atoms with Gasteiger partial charge in [-0.25, -0.2) is 4.98 Å². The minimum absolute atomic E-state index is 0.177. The number of anilines is 2. The van der Waals surface area contributed by atoms with Crippen molar-refractivity contribution in [1.29, 1.82) is 0 Å². The molecule has 25 heavy (non-hydrogen) atoms. The Bertz CT molecular complexity index is 1150. The number of nitrogens with zero attached hydrogens (tertiary/aromatic N) is 2. The zero-order valence-corrected chi connectivity index (χ0v) is 14.4. The Morgan fingerprint density at radius 2 is 2.04 bits per heavy atom. The maximum absolute atomic E-state index is 6.13. The first-order valence-electron chi connectivity index (χ1n) is 8.12. The quantitative estimate of drug-likeness (QED) is 0.539. The summed E-state index contributed by atoms with van der Waals surface area (Å²) in [4.78, 5) is 8.52. The van der Waals surface area contributed by atoms with Crippen LogP contribution in [0.4, 0.5) is 11.8 Å². The van der Waals surface area contributed by atoms with E-state index in [4.69, 9.17) is 16.2 Å². The van der Waals surface area contributed by atoms with Crippen LogP contribution in [0.2, 0.25) is 0 Å². The van der Waals surface area contributed by atoms with Gasteiger partial charge < -0.3 is 16.2 Å². The van der Waals surface area contributed by atoms with Gasteiger partial charge in [-0.2, -0.15) is 4.98 Å². The molecule has 0 radical (unpaired) electrons. The summed E-state index contributed by atoms with van der Waals surface area (Å²) in [5, 5.41) is 4.12. The lowest BCUT2D eigenvalue weighted by Gasteiger charge is -2.14. The van der Waals surface area contributed by atoms with Crippen LogP contribution in [-0.2, 0) is 0 Å². The average Bonchev–Trinajstić information content (AvgIpc) is 3.20. The molecule has 2 aromatic heterocycles. The third kappa shape index (κ3) is 2.01. The second-order valence-electron chi connectivity index (χ2n) is 6.38. The Morgan fingerprint density at radius 3 is 2.92 bits per heavy atom. The summed E-state index contributed by atoms with van der Waals surface area (Å²) < 4.78 is 7.27. The van der Waals surface area contributed by atoms with Crippen molar-refractivity contribution in [2.45, 2.75) is 12.8 Å². The highest BCUT2D eigenvalue weighted by Crippen LogP contribution is 2.48. The standard InChI is InChI=1S/C19H16N4OS/c1-9-8-24-16-14(9)12(7-13-15(16)18(20)23-19(21)22-13)11-4-2-3-10-5-6-25-17(10)11/h2-7,9H,8H2,1H3,(H4,20,21,22,23). The topological polar surface area (TPSA) is 87.0 Å². The summed E-state index contributed by atoms with van der Waals surface area (Å²) >= 11 is 1.74. The molecule has 0 spiro atoms. The smallest absolute Gasteiger partial charge is 0.222 e. The first kappa shape index (κ1) is 14.5. The molecule has 3 heterocycles. The highest BCUT2D eigenvalue weighted by molar-refractivity contribution is 7.17. The van der Waals surface area contributed by atoms with Crippen molar-refractivity contribution >= 4 is 44.1 Å². The zero-order chi connectivity index (χ0) is 17.1. The van der Waals surface area contributed by atoms with Crippen molar-refractivity contribution in [3.63, 3.8) is 0 Å². The summed E-state index contributed by atoms with van der Waals surface area (Å²) in [6, 6.07) is 10.6. The molecular formula is C19H16N4OS. The predicted molar refractivity (Wildman–Crippen MR) is 103 cm³/mol. The first-order chi connectivity index (χ1) is 12.1. The number of ether oxygens (including phenoxy) is 1. The molecule has 5 nitrogen and oxygen atoms in total. The van der Waals surface area contributed by atoms with E-state index >= 15 is 0 Å². The summed E-state index contributed by atoms with van der Waals surface area (Å²) in [6.45, 7) is 2.80. The Balaban J connectivity index is 1.94. The number of aromatic nitrogens is 2. The fraction of sp³-hybridized carbons (Fsp3) is 0.158. The minimum Gasteiger partial charge on any atom is -0.492 e. The van der Waals surface area contributed by atoms with E-state index in [-0.39, 0.29) is 11.9 Å². The molecule has 0 bridgehead atoms. The van der Waals surface area contributed by atoms with Gasteiger partial charge in [-0.15, -0.1) is 11.3 Å². The summed E-state index contributed by atoms with van der Waals surface area (Å²) in [6.07, 6.45) is 0. The number of nitrogen functional groups attached to an aromatic ring is 2. The molecular weight excluding hydrogens is 332 g/mol. The highest BCUT2D eigenvalue weighted by Gasteiger charge is 2.29. The normalized spacial score (nSPS) is 16.3. The third-order valence-electron chi connectivity index (χ3n) is 4.76. The average molecular weight is 348 g/mol. The van der Waals surface area contributed by atoms with E-state index in [2.05, 4.69) is 52.6 Å². The van der Waals surface area contributed by atoms with E-state index < -0.39 is 0 Å². The van der Waals surface area contributed by atoms with Crippen molar-refractivity contribution in [3.8, 4) is 16.9 Å². The van der Waals surface area contributed by atoms with E-state index in [0.29, 0.717) is 12.4 Å². The molecule has 0 fully saturated rings. The van der Waals surface area contributed by atoms with E-state index in [1.165, 1.54) is 21.2 Å². The lowest BCUT2D eigenvalue weighted by Crippen LogP contribution is -2.02. The Kier molecular flexibility index (Phi) is 2.93. The van der Waals surface area contributed by atoms with E-state index in [1.807, 2.05) is 0 Å². The molecule has 1 aliphatic heterocycles. The van der Waals surface area contributed by atoms with Crippen LogP contribution in [0.15, 0.2) is 35.7 Å². The van der Waals surface area contributed by atoms with Crippen LogP contribution in [0.1, 0.15) is 18.4 Å². The molecule has 2 aromatic carbocycles. The van der Waals surface area contributed by atoms with E-state index in [1.54, 1.807) is 11.3 Å². The number of hydrogen-bond acceptors (Lipinski definition) is 6. The van der Waals surface area contributed by atoms with Gasteiger partial charge in [-0.1, -0.05) is 25.1 Å². The Morgan fingerprint density at radius 1 is 1.16 bits per heavy atom. The molecule has 5 rings (SSSR count). The number of hydrogen-bond donors (Lipinski definition) is 2. The van der Waals surface area contributed by atoms with Crippen LogP contribution >= 0.6 is 11.3 Å². The SMILES string of the molecule is CC1COc2c1c(-c1cccc3ccsc13)cc1nc(N)nc(N)c21. The Labute approximate surface area is 148 Å². The number of rotatable bonds is 1. The van der Waals surface area contributed by atoms with Crippen LogP contribution in [-0.4, -0.2) is 16.6 Å². The van der Waals surface area contributed by atoms with Crippen LogP contribution in [0.5, 0.6) is 5.75 Å². The van der Waals surface area contributed by atoms with Crippen LogP contribution in [0, 0.1) is 0 Å². The number of fused-ring (bicyclic) bond motifs is 4. The fourth-order valence-corrected chi connectivity index (χ4v) is 4.61. The molecule has 1 atom stereocenters. The molecule has 4 aromatic rings. The maximum atomic E-state index is 6.13.